The molecule has 4 heterocycles. The van der Waals surface area contributed by atoms with Crippen molar-refractivity contribution >= 4 is 11.6 Å². The Morgan fingerprint density at radius 2 is 2.00 bits per heavy atom. The van der Waals surface area contributed by atoms with Crippen LogP contribution >= 0.6 is 11.6 Å². The molecule has 1 aliphatic rings. The number of rotatable bonds is 8. The highest BCUT2D eigenvalue weighted by Gasteiger charge is 2.32. The van der Waals surface area contributed by atoms with E-state index in [1.807, 2.05) is 0 Å². The second-order valence-electron chi connectivity index (χ2n) is 9.27. The zero-order chi connectivity index (χ0) is 27.1. The summed E-state index contributed by atoms with van der Waals surface area (Å²) in [6, 6.07) is 9.01. The number of halogens is 3. The van der Waals surface area contributed by atoms with Crippen LogP contribution in [0.1, 0.15) is 31.0 Å². The molecule has 1 aliphatic carbocycles. The van der Waals surface area contributed by atoms with Gasteiger partial charge in [0, 0.05) is 29.5 Å². The molecule has 1 fully saturated rings. The van der Waals surface area contributed by atoms with Gasteiger partial charge in [-0.2, -0.15) is 23.9 Å². The van der Waals surface area contributed by atoms with Crippen molar-refractivity contribution in [3.8, 4) is 33.8 Å². The predicted octanol–water partition coefficient (Wildman–Crippen LogP) is 4.55. The number of tetrazole rings is 1. The summed E-state index contributed by atoms with van der Waals surface area (Å²) in [7, 11) is 1.42. The van der Waals surface area contributed by atoms with Gasteiger partial charge in [0.25, 0.3) is 0 Å². The van der Waals surface area contributed by atoms with Gasteiger partial charge >= 0.3 is 0 Å². The maximum atomic E-state index is 15.2. The molecule has 0 radical (unpaired) electrons. The molecule has 4 aromatic heterocycles. The van der Waals surface area contributed by atoms with Gasteiger partial charge in [0.15, 0.2) is 12.0 Å². The maximum absolute atomic E-state index is 15.2. The van der Waals surface area contributed by atoms with E-state index >= 15 is 4.39 Å². The van der Waals surface area contributed by atoms with Crippen LogP contribution in [0, 0.1) is 22.9 Å². The molecular weight excluding hydrogens is 530 g/mol. The molecule has 1 atom stereocenters. The van der Waals surface area contributed by atoms with Crippen molar-refractivity contribution in [3.63, 3.8) is 0 Å². The highest BCUT2D eigenvalue weighted by molar-refractivity contribution is 6.31. The van der Waals surface area contributed by atoms with Crippen molar-refractivity contribution in [1.29, 1.82) is 0 Å². The minimum Gasteiger partial charge on any atom is -0.618 e. The van der Waals surface area contributed by atoms with Crippen LogP contribution in [0.5, 0.6) is 5.88 Å². The molecule has 0 amide bonds. The number of benzene rings is 1. The Morgan fingerprint density at radius 1 is 1.15 bits per heavy atom. The fourth-order valence-corrected chi connectivity index (χ4v) is 4.76. The Hall–Kier alpha value is -4.45. The highest BCUT2D eigenvalue weighted by atomic mass is 35.5. The number of nitrogens with zero attached hydrogens (tertiary/aromatic N) is 8. The molecule has 1 saturated carbocycles. The van der Waals surface area contributed by atoms with Crippen LogP contribution in [-0.4, -0.2) is 42.1 Å². The smallest absolute Gasteiger partial charge is 0.224 e. The topological polar surface area (TPSA) is 110 Å². The Bertz CT molecular complexity index is 1660. The van der Waals surface area contributed by atoms with Crippen LogP contribution in [0.3, 0.4) is 0 Å². The van der Waals surface area contributed by atoms with Crippen LogP contribution in [0.2, 0.25) is 5.02 Å². The normalized spacial score (nSPS) is 13.9. The van der Waals surface area contributed by atoms with Crippen LogP contribution in [0.4, 0.5) is 8.78 Å². The van der Waals surface area contributed by atoms with E-state index in [1.54, 1.807) is 41.2 Å². The van der Waals surface area contributed by atoms with Crippen LogP contribution < -0.4 is 9.47 Å². The lowest BCUT2D eigenvalue weighted by Gasteiger charge is -2.18. The Kier molecular flexibility index (Phi) is 6.39. The molecule has 0 aliphatic heterocycles. The van der Waals surface area contributed by atoms with Crippen molar-refractivity contribution in [3.05, 3.63) is 89.0 Å². The molecule has 10 nitrogen and oxygen atoms in total. The van der Waals surface area contributed by atoms with Gasteiger partial charge < -0.3 is 9.94 Å². The Labute approximate surface area is 226 Å². The lowest BCUT2D eigenvalue weighted by atomic mass is 10.0. The van der Waals surface area contributed by atoms with Gasteiger partial charge in [0.2, 0.25) is 17.5 Å². The van der Waals surface area contributed by atoms with E-state index in [-0.39, 0.29) is 22.0 Å². The monoisotopic (exact) mass is 550 g/mol. The molecular formula is C26H21ClF2N8O2. The minimum absolute atomic E-state index is 0.0912. The molecule has 5 aromatic rings. The zero-order valence-corrected chi connectivity index (χ0v) is 21.3. The van der Waals surface area contributed by atoms with Crippen molar-refractivity contribution < 1.29 is 18.2 Å². The number of pyridine rings is 2. The van der Waals surface area contributed by atoms with Gasteiger partial charge in [0.05, 0.1) is 35.1 Å². The molecule has 39 heavy (non-hydrogen) atoms. The van der Waals surface area contributed by atoms with Crippen molar-refractivity contribution in [2.45, 2.75) is 25.3 Å². The number of hydrogen-bond donors (Lipinski definition) is 0. The molecule has 198 valence electrons. The number of hydrogen-bond acceptors (Lipinski definition) is 7. The van der Waals surface area contributed by atoms with Crippen LogP contribution in [0.25, 0.3) is 27.9 Å². The van der Waals surface area contributed by atoms with Gasteiger partial charge in [-0.25, -0.2) is 4.39 Å². The third kappa shape index (κ3) is 4.78. The second kappa shape index (κ2) is 10.0. The summed E-state index contributed by atoms with van der Waals surface area (Å²) in [5, 5.41) is 28.9. The van der Waals surface area contributed by atoms with E-state index in [4.69, 9.17) is 16.3 Å². The average Bonchev–Trinajstić information content (AvgIpc) is 3.36. The van der Waals surface area contributed by atoms with Crippen LogP contribution in [0.15, 0.2) is 61.3 Å². The Morgan fingerprint density at radius 3 is 2.69 bits per heavy atom. The molecule has 1 unspecified atom stereocenters. The van der Waals surface area contributed by atoms with Gasteiger partial charge in [-0.05, 0) is 47.0 Å². The molecule has 13 heteroatoms. The molecule has 0 spiro atoms. The number of ether oxygens (including phenoxy) is 1. The van der Waals surface area contributed by atoms with Gasteiger partial charge in [-0.3, -0.25) is 4.68 Å². The first kappa shape index (κ1) is 24.9. The minimum atomic E-state index is -0.696. The third-order valence-corrected chi connectivity index (χ3v) is 7.05. The standard InChI is InChI=1S/C26H21ClF2N8O2/c1-39-23-9-5-18(26(29)32-23)17-11-31-35(12-17)22(10-15-2-3-15)20-7-4-16(13-37(20)38)24-21(36-14-30-33-34-36)8-6-19(27)25(24)28/h4-9,11-15,22H,2-3,10H2,1H3. The second-order valence-corrected chi connectivity index (χ2v) is 9.68. The first-order valence-corrected chi connectivity index (χ1v) is 12.5. The van der Waals surface area contributed by atoms with E-state index in [9.17, 15) is 9.60 Å². The van der Waals surface area contributed by atoms with E-state index in [2.05, 4.69) is 25.6 Å². The lowest BCUT2D eigenvalue weighted by molar-refractivity contribution is -0.615. The lowest BCUT2D eigenvalue weighted by Crippen LogP contribution is -2.35. The summed E-state index contributed by atoms with van der Waals surface area (Å²) in [5.41, 5.74) is 1.93. The highest BCUT2D eigenvalue weighted by Crippen LogP contribution is 2.40. The van der Waals surface area contributed by atoms with Gasteiger partial charge in [-0.15, -0.1) is 5.10 Å². The molecule has 0 N–H and O–H groups in total. The van der Waals surface area contributed by atoms with E-state index in [0.717, 1.165) is 12.8 Å². The molecule has 1 aromatic carbocycles. The first-order valence-electron chi connectivity index (χ1n) is 12.1. The van der Waals surface area contributed by atoms with E-state index in [1.165, 1.54) is 36.6 Å². The number of methoxy groups -OCH3 is 1. The SMILES string of the molecule is COc1ccc(-c2cnn(C(CC3CC3)c3ccc(-c4c(-n5cnnn5)ccc(Cl)c4F)c[n+]3[O-])c2)c(F)n1. The summed E-state index contributed by atoms with van der Waals surface area (Å²) in [6.07, 6.45) is 8.65. The van der Waals surface area contributed by atoms with E-state index in [0.29, 0.717) is 39.6 Å². The van der Waals surface area contributed by atoms with Crippen molar-refractivity contribution in [2.24, 2.45) is 5.92 Å². The predicted molar refractivity (Wildman–Crippen MR) is 136 cm³/mol. The van der Waals surface area contributed by atoms with Crippen LogP contribution in [-0.2, 0) is 0 Å². The maximum Gasteiger partial charge on any atom is 0.224 e. The summed E-state index contributed by atoms with van der Waals surface area (Å²) in [6.45, 7) is 0. The summed E-state index contributed by atoms with van der Waals surface area (Å²) >= 11 is 6.07. The largest absolute Gasteiger partial charge is 0.618 e. The fourth-order valence-electron chi connectivity index (χ4n) is 4.60. The zero-order valence-electron chi connectivity index (χ0n) is 20.6. The Balaban J connectivity index is 1.38. The number of aromatic nitrogens is 8. The van der Waals surface area contributed by atoms with Gasteiger partial charge in [0.1, 0.15) is 12.4 Å². The van der Waals surface area contributed by atoms with Crippen molar-refractivity contribution in [2.75, 3.05) is 7.11 Å². The summed E-state index contributed by atoms with van der Waals surface area (Å²) in [4.78, 5) is 3.80. The molecule has 6 rings (SSSR count). The quantitative estimate of drug-likeness (QED) is 0.158. The summed E-state index contributed by atoms with van der Waals surface area (Å²) < 4.78 is 38.5. The van der Waals surface area contributed by atoms with Crippen molar-refractivity contribution in [1.82, 2.24) is 35.0 Å². The fraction of sp³-hybridized carbons (Fsp3) is 0.231. The average molecular weight is 551 g/mol. The molecule has 0 bridgehead atoms. The van der Waals surface area contributed by atoms with Gasteiger partial charge in [-0.1, -0.05) is 24.4 Å². The third-order valence-electron chi connectivity index (χ3n) is 6.76. The summed E-state index contributed by atoms with van der Waals surface area (Å²) in [5.74, 6) is -0.766. The molecule has 0 saturated heterocycles. The van der Waals surface area contributed by atoms with E-state index < -0.39 is 17.8 Å². The first-order chi connectivity index (χ1) is 18.9.